The summed E-state index contributed by atoms with van der Waals surface area (Å²) in [6.45, 7) is 0. The van der Waals surface area contributed by atoms with Crippen molar-refractivity contribution in [3.8, 4) is 10.4 Å². The zero-order chi connectivity index (χ0) is 15.1. The predicted molar refractivity (Wildman–Crippen MR) is 90.3 cm³/mol. The molecule has 0 aliphatic carbocycles. The van der Waals surface area contributed by atoms with Gasteiger partial charge in [-0.1, -0.05) is 53.8 Å². The second kappa shape index (κ2) is 5.12. The summed E-state index contributed by atoms with van der Waals surface area (Å²) in [4.78, 5) is 16.9. The number of rotatable bonds is 1. The number of nitrogens with zero attached hydrogens (tertiary/aromatic N) is 2. The average molecular weight is 328 g/mol. The Hall–Kier alpha value is -2.37. The minimum Gasteiger partial charge on any atom is -0.319 e. The molecule has 0 aliphatic rings. The van der Waals surface area contributed by atoms with Crippen LogP contribution in [0, 0.1) is 0 Å². The summed E-state index contributed by atoms with van der Waals surface area (Å²) in [7, 11) is 0. The molecule has 0 fully saturated rings. The van der Waals surface area contributed by atoms with Crippen molar-refractivity contribution in [1.29, 1.82) is 0 Å². The Balaban J connectivity index is 2.28. The van der Waals surface area contributed by atoms with Gasteiger partial charge in [-0.3, -0.25) is 9.20 Å². The monoisotopic (exact) mass is 327 g/mol. The third-order valence-corrected chi connectivity index (χ3v) is 4.89. The number of benzene rings is 2. The van der Waals surface area contributed by atoms with E-state index in [-0.39, 0.29) is 5.56 Å². The molecule has 0 aliphatic heterocycles. The summed E-state index contributed by atoms with van der Waals surface area (Å²) in [5.74, 6) is 0. The van der Waals surface area contributed by atoms with Crippen LogP contribution in [-0.4, -0.2) is 9.38 Å². The lowest BCUT2D eigenvalue weighted by atomic mass is 10.2. The smallest absolute Gasteiger partial charge is 0.274 e. The van der Waals surface area contributed by atoms with E-state index in [4.69, 9.17) is 11.8 Å². The molecule has 108 valence electrons. The number of H-pyrrole nitrogens is 1. The molecule has 0 saturated heterocycles. The fourth-order valence-electron chi connectivity index (χ4n) is 2.61. The Morgan fingerprint density at radius 2 is 1.77 bits per heavy atom. The summed E-state index contributed by atoms with van der Waals surface area (Å²) in [5, 5.41) is 0. The lowest BCUT2D eigenvalue weighted by Gasteiger charge is -2.03. The van der Waals surface area contributed by atoms with E-state index >= 15 is 0 Å². The molecule has 0 radical (unpaired) electrons. The molecule has 0 spiro atoms. The van der Waals surface area contributed by atoms with E-state index in [2.05, 4.69) is 9.50 Å². The van der Waals surface area contributed by atoms with Crippen molar-refractivity contribution in [3.05, 3.63) is 69.8 Å². The standard InChI is InChI=1S/C16H10ClN3OS/c17-19-16-20-12-9-5-4-8-11(12)18-15(21)13(20)14(22-16)10-6-2-1-3-7-10/h1-9H,(H,18,21)/b19-16-. The van der Waals surface area contributed by atoms with Gasteiger partial charge in [-0.2, -0.15) is 0 Å². The van der Waals surface area contributed by atoms with Gasteiger partial charge in [0.15, 0.2) is 0 Å². The highest BCUT2D eigenvalue weighted by Gasteiger charge is 2.15. The molecule has 4 nitrogen and oxygen atoms in total. The van der Waals surface area contributed by atoms with Crippen LogP contribution in [0.25, 0.3) is 27.0 Å². The van der Waals surface area contributed by atoms with Crippen molar-refractivity contribution in [2.45, 2.75) is 0 Å². The normalized spacial score (nSPS) is 12.3. The van der Waals surface area contributed by atoms with Crippen LogP contribution in [0.5, 0.6) is 0 Å². The Kier molecular flexibility index (Phi) is 3.10. The number of hydrogen-bond donors (Lipinski definition) is 1. The van der Waals surface area contributed by atoms with Crippen LogP contribution < -0.4 is 10.4 Å². The number of nitrogens with one attached hydrogen (secondary N) is 1. The van der Waals surface area contributed by atoms with Gasteiger partial charge in [0.2, 0.25) is 4.80 Å². The van der Waals surface area contributed by atoms with Crippen LogP contribution in [0.2, 0.25) is 0 Å². The first-order valence-electron chi connectivity index (χ1n) is 6.66. The van der Waals surface area contributed by atoms with Gasteiger partial charge in [-0.05, 0) is 17.7 Å². The van der Waals surface area contributed by atoms with Crippen molar-refractivity contribution < 1.29 is 0 Å². The molecule has 0 amide bonds. The highest BCUT2D eigenvalue weighted by Crippen LogP contribution is 2.27. The number of aromatic amines is 1. The quantitative estimate of drug-likeness (QED) is 0.571. The van der Waals surface area contributed by atoms with Gasteiger partial charge in [-0.25, -0.2) is 0 Å². The van der Waals surface area contributed by atoms with Gasteiger partial charge in [0.1, 0.15) is 5.52 Å². The molecule has 2 heterocycles. The number of para-hydroxylation sites is 2. The molecule has 4 aromatic rings. The number of hydrogen-bond acceptors (Lipinski definition) is 3. The summed E-state index contributed by atoms with van der Waals surface area (Å²) < 4.78 is 5.65. The maximum absolute atomic E-state index is 12.6. The zero-order valence-electron chi connectivity index (χ0n) is 11.3. The minimum atomic E-state index is -0.152. The molecule has 0 unspecified atom stereocenters. The van der Waals surface area contributed by atoms with Gasteiger partial charge >= 0.3 is 0 Å². The summed E-state index contributed by atoms with van der Waals surface area (Å²) in [5.41, 5.74) is 3.01. The summed E-state index contributed by atoms with van der Waals surface area (Å²) in [6.07, 6.45) is 0. The minimum absolute atomic E-state index is 0.152. The third kappa shape index (κ3) is 1.90. The van der Waals surface area contributed by atoms with E-state index in [0.29, 0.717) is 10.3 Å². The maximum atomic E-state index is 12.6. The number of halogens is 1. The third-order valence-electron chi connectivity index (χ3n) is 3.54. The molecule has 22 heavy (non-hydrogen) atoms. The van der Waals surface area contributed by atoms with E-state index in [1.54, 1.807) is 0 Å². The topological polar surface area (TPSA) is 49.6 Å². The second-order valence-electron chi connectivity index (χ2n) is 4.82. The Morgan fingerprint density at radius 3 is 2.55 bits per heavy atom. The van der Waals surface area contributed by atoms with Gasteiger partial charge in [0, 0.05) is 11.8 Å². The Bertz CT molecular complexity index is 1110. The summed E-state index contributed by atoms with van der Waals surface area (Å²) >= 11 is 7.16. The van der Waals surface area contributed by atoms with Crippen molar-refractivity contribution in [1.82, 2.24) is 9.38 Å². The maximum Gasteiger partial charge on any atom is 0.274 e. The fraction of sp³-hybridized carbons (Fsp3) is 0. The van der Waals surface area contributed by atoms with Crippen molar-refractivity contribution >= 4 is 39.7 Å². The first kappa shape index (κ1) is 13.3. The predicted octanol–water partition coefficient (Wildman–Crippen LogP) is 3.56. The molecule has 0 saturated carbocycles. The number of thiazole rings is 1. The van der Waals surface area contributed by atoms with Crippen LogP contribution in [0.15, 0.2) is 63.9 Å². The molecule has 0 atom stereocenters. The lowest BCUT2D eigenvalue weighted by Crippen LogP contribution is -2.16. The fourth-order valence-corrected chi connectivity index (χ4v) is 3.82. The van der Waals surface area contributed by atoms with E-state index in [1.807, 2.05) is 59.0 Å². The van der Waals surface area contributed by atoms with Crippen molar-refractivity contribution in [2.24, 2.45) is 4.51 Å². The van der Waals surface area contributed by atoms with Gasteiger partial charge in [-0.15, -0.1) is 4.51 Å². The first-order valence-corrected chi connectivity index (χ1v) is 7.82. The van der Waals surface area contributed by atoms with Gasteiger partial charge in [0.25, 0.3) is 5.56 Å². The average Bonchev–Trinajstić information content (AvgIpc) is 2.96. The molecule has 2 aromatic carbocycles. The zero-order valence-corrected chi connectivity index (χ0v) is 12.9. The van der Waals surface area contributed by atoms with E-state index < -0.39 is 0 Å². The molecule has 2 aromatic heterocycles. The highest BCUT2D eigenvalue weighted by atomic mass is 35.5. The van der Waals surface area contributed by atoms with E-state index in [0.717, 1.165) is 21.5 Å². The SMILES string of the molecule is O=c1[nH]c2ccccc2n2/c(=N/Cl)sc(-c3ccccc3)c12. The molecular weight excluding hydrogens is 318 g/mol. The van der Waals surface area contributed by atoms with Gasteiger partial charge in [0.05, 0.1) is 15.9 Å². The molecule has 0 bridgehead atoms. The van der Waals surface area contributed by atoms with Gasteiger partial charge < -0.3 is 4.98 Å². The highest BCUT2D eigenvalue weighted by molar-refractivity contribution is 7.13. The van der Waals surface area contributed by atoms with Crippen LogP contribution >= 0.6 is 23.1 Å². The van der Waals surface area contributed by atoms with E-state index in [1.165, 1.54) is 11.3 Å². The lowest BCUT2D eigenvalue weighted by molar-refractivity contribution is 1.13. The molecule has 1 N–H and O–H groups in total. The summed E-state index contributed by atoms with van der Waals surface area (Å²) in [6, 6.07) is 17.4. The first-order chi connectivity index (χ1) is 10.8. The number of fused-ring (bicyclic) bond motifs is 3. The largest absolute Gasteiger partial charge is 0.319 e. The molecule has 6 heteroatoms. The van der Waals surface area contributed by atoms with Crippen molar-refractivity contribution in [3.63, 3.8) is 0 Å². The number of aromatic nitrogens is 2. The second-order valence-corrected chi connectivity index (χ2v) is 5.97. The van der Waals surface area contributed by atoms with Crippen LogP contribution in [0.4, 0.5) is 0 Å². The Morgan fingerprint density at radius 1 is 1.05 bits per heavy atom. The van der Waals surface area contributed by atoms with Crippen LogP contribution in [0.3, 0.4) is 0 Å². The molecule has 4 rings (SSSR count). The van der Waals surface area contributed by atoms with Crippen LogP contribution in [-0.2, 0) is 0 Å². The van der Waals surface area contributed by atoms with Crippen LogP contribution in [0.1, 0.15) is 0 Å². The van der Waals surface area contributed by atoms with Crippen molar-refractivity contribution in [2.75, 3.05) is 0 Å². The Labute approximate surface area is 134 Å². The van der Waals surface area contributed by atoms with E-state index in [9.17, 15) is 4.79 Å². The molecular formula is C16H10ClN3OS.